The zero-order valence-electron chi connectivity index (χ0n) is 15.8. The van der Waals surface area contributed by atoms with Gasteiger partial charge in [-0.15, -0.1) is 0 Å². The minimum absolute atomic E-state index is 0.0237. The number of benzene rings is 1. The molecule has 4 heteroatoms. The maximum Gasteiger partial charge on any atom is 0.393 e. The Morgan fingerprint density at radius 1 is 0.958 bits per heavy atom. The third-order valence-corrected chi connectivity index (χ3v) is 3.98. The second-order valence-corrected chi connectivity index (χ2v) is 8.95. The molecule has 1 atom stereocenters. The summed E-state index contributed by atoms with van der Waals surface area (Å²) in [5, 5.41) is 2.99. The second kappa shape index (κ2) is 7.90. The molecule has 0 aromatic heterocycles. The molecule has 0 heterocycles. The number of hydrogen-bond acceptors (Lipinski definition) is 1. The van der Waals surface area contributed by atoms with Crippen LogP contribution in [0.15, 0.2) is 24.3 Å². The highest BCUT2D eigenvalue weighted by Gasteiger charge is 2.39. The lowest BCUT2D eigenvalue weighted by Gasteiger charge is -2.27. The van der Waals surface area contributed by atoms with E-state index < -0.39 is 12.1 Å². The van der Waals surface area contributed by atoms with Crippen LogP contribution >= 0.6 is 0 Å². The molecule has 0 bridgehead atoms. The van der Waals surface area contributed by atoms with Gasteiger partial charge in [0.05, 0.1) is 5.92 Å². The molecule has 0 unspecified atom stereocenters. The van der Waals surface area contributed by atoms with Crippen molar-refractivity contribution >= 4 is 0 Å². The Kier molecular flexibility index (Phi) is 6.92. The summed E-state index contributed by atoms with van der Waals surface area (Å²) < 4.78 is 40.0. The molecule has 24 heavy (non-hydrogen) atoms. The van der Waals surface area contributed by atoms with E-state index in [-0.39, 0.29) is 23.9 Å². The number of alkyl halides is 3. The number of nitrogens with one attached hydrogen (secondary N) is 1. The van der Waals surface area contributed by atoms with E-state index in [1.807, 2.05) is 39.0 Å². The average Bonchev–Trinajstić information content (AvgIpc) is 2.38. The zero-order chi connectivity index (χ0) is 18.6. The summed E-state index contributed by atoms with van der Waals surface area (Å²) in [7, 11) is 0. The topological polar surface area (TPSA) is 12.0 Å². The molecular weight excluding hydrogens is 311 g/mol. The van der Waals surface area contributed by atoms with Crippen LogP contribution < -0.4 is 5.32 Å². The first kappa shape index (κ1) is 21.0. The van der Waals surface area contributed by atoms with Crippen molar-refractivity contribution in [3.05, 3.63) is 35.4 Å². The van der Waals surface area contributed by atoms with E-state index in [1.54, 1.807) is 6.07 Å². The molecule has 0 spiro atoms. The van der Waals surface area contributed by atoms with Gasteiger partial charge in [-0.1, -0.05) is 45.0 Å². The average molecular weight is 343 g/mol. The quantitative estimate of drug-likeness (QED) is 0.691. The predicted molar refractivity (Wildman–Crippen MR) is 95.2 cm³/mol. The van der Waals surface area contributed by atoms with Crippen LogP contribution in [0.4, 0.5) is 13.2 Å². The van der Waals surface area contributed by atoms with Gasteiger partial charge in [-0.25, -0.2) is 0 Å². The van der Waals surface area contributed by atoms with Gasteiger partial charge in [0.15, 0.2) is 0 Å². The molecule has 1 rings (SSSR count). The maximum absolute atomic E-state index is 13.3. The van der Waals surface area contributed by atoms with Crippen LogP contribution in [0.3, 0.4) is 0 Å². The first-order chi connectivity index (χ1) is 10.8. The van der Waals surface area contributed by atoms with E-state index in [0.29, 0.717) is 0 Å². The first-order valence-corrected chi connectivity index (χ1v) is 8.66. The standard InChI is InChI=1S/C20H32F3N/c1-18(2,3)11-10-15-8-7-9-16(12-15)13-17(20(21,22)23)14-24-19(4,5)6/h7-9,12,17,24H,10-11,13-14H2,1-6H3/t17-/m1/s1. The number of aryl methyl sites for hydroxylation is 1. The third-order valence-electron chi connectivity index (χ3n) is 3.98. The van der Waals surface area contributed by atoms with Crippen LogP contribution in [0.25, 0.3) is 0 Å². The molecule has 0 aliphatic rings. The van der Waals surface area contributed by atoms with Gasteiger partial charge in [-0.2, -0.15) is 13.2 Å². The molecule has 1 aromatic carbocycles. The summed E-state index contributed by atoms with van der Waals surface area (Å²) in [6, 6.07) is 7.61. The Hall–Kier alpha value is -1.03. The Morgan fingerprint density at radius 2 is 1.54 bits per heavy atom. The van der Waals surface area contributed by atoms with Gasteiger partial charge in [-0.05, 0) is 56.6 Å². The minimum Gasteiger partial charge on any atom is -0.311 e. The third kappa shape index (κ3) is 8.72. The van der Waals surface area contributed by atoms with Crippen LogP contribution in [0.1, 0.15) is 59.1 Å². The van der Waals surface area contributed by atoms with Gasteiger partial charge in [-0.3, -0.25) is 0 Å². The van der Waals surface area contributed by atoms with Crippen molar-refractivity contribution in [1.82, 2.24) is 5.32 Å². The van der Waals surface area contributed by atoms with Gasteiger partial charge in [0.2, 0.25) is 0 Å². The number of hydrogen-bond donors (Lipinski definition) is 1. The molecule has 138 valence electrons. The van der Waals surface area contributed by atoms with Crippen molar-refractivity contribution in [3.8, 4) is 0 Å². The fourth-order valence-electron chi connectivity index (χ4n) is 2.45. The summed E-state index contributed by atoms with van der Waals surface area (Å²) >= 11 is 0. The lowest BCUT2D eigenvalue weighted by molar-refractivity contribution is -0.173. The smallest absolute Gasteiger partial charge is 0.311 e. The highest BCUT2D eigenvalue weighted by Crippen LogP contribution is 2.30. The fourth-order valence-corrected chi connectivity index (χ4v) is 2.45. The highest BCUT2D eigenvalue weighted by atomic mass is 19.4. The van der Waals surface area contributed by atoms with Crippen molar-refractivity contribution in [3.63, 3.8) is 0 Å². The van der Waals surface area contributed by atoms with E-state index in [2.05, 4.69) is 26.1 Å². The normalized spacial score (nSPS) is 14.7. The molecular formula is C20H32F3N. The van der Waals surface area contributed by atoms with Gasteiger partial charge in [0.1, 0.15) is 0 Å². The van der Waals surface area contributed by atoms with Crippen molar-refractivity contribution in [2.24, 2.45) is 11.3 Å². The zero-order valence-corrected chi connectivity index (χ0v) is 15.8. The Morgan fingerprint density at radius 3 is 2.04 bits per heavy atom. The first-order valence-electron chi connectivity index (χ1n) is 8.66. The molecule has 0 saturated carbocycles. The van der Waals surface area contributed by atoms with Crippen molar-refractivity contribution in [2.45, 2.75) is 72.5 Å². The number of halogens is 3. The number of rotatable bonds is 6. The van der Waals surface area contributed by atoms with Crippen molar-refractivity contribution < 1.29 is 13.2 Å². The largest absolute Gasteiger partial charge is 0.393 e. The van der Waals surface area contributed by atoms with Crippen LogP contribution in [0, 0.1) is 11.3 Å². The van der Waals surface area contributed by atoms with Crippen LogP contribution in [-0.4, -0.2) is 18.3 Å². The molecule has 1 aromatic rings. The van der Waals surface area contributed by atoms with E-state index in [4.69, 9.17) is 0 Å². The fraction of sp³-hybridized carbons (Fsp3) is 0.700. The Labute approximate surface area is 145 Å². The molecule has 1 N–H and O–H groups in total. The van der Waals surface area contributed by atoms with Gasteiger partial charge < -0.3 is 5.32 Å². The van der Waals surface area contributed by atoms with Gasteiger partial charge >= 0.3 is 6.18 Å². The summed E-state index contributed by atoms with van der Waals surface area (Å²) in [6.45, 7) is 12.1. The predicted octanol–water partition coefficient (Wildman–Crippen LogP) is 5.77. The SMILES string of the molecule is CC(C)(C)CCc1cccc(C[C@H](CNC(C)(C)C)C(F)(F)F)c1. The van der Waals surface area contributed by atoms with Gasteiger partial charge in [0.25, 0.3) is 0 Å². The van der Waals surface area contributed by atoms with Crippen LogP contribution in [-0.2, 0) is 12.8 Å². The van der Waals surface area contributed by atoms with E-state index in [0.717, 1.165) is 24.0 Å². The molecule has 0 radical (unpaired) electrons. The summed E-state index contributed by atoms with van der Waals surface area (Å²) in [6.07, 6.45) is -2.26. The molecule has 0 aliphatic carbocycles. The Balaban J connectivity index is 2.79. The second-order valence-electron chi connectivity index (χ2n) is 8.95. The molecule has 0 aliphatic heterocycles. The summed E-state index contributed by atoms with van der Waals surface area (Å²) in [5.41, 5.74) is 1.78. The monoisotopic (exact) mass is 343 g/mol. The summed E-state index contributed by atoms with van der Waals surface area (Å²) in [5.74, 6) is -1.37. The Bertz CT molecular complexity index is 507. The van der Waals surface area contributed by atoms with Gasteiger partial charge in [0, 0.05) is 12.1 Å². The van der Waals surface area contributed by atoms with E-state index in [9.17, 15) is 13.2 Å². The van der Waals surface area contributed by atoms with Crippen LogP contribution in [0.5, 0.6) is 0 Å². The van der Waals surface area contributed by atoms with Crippen molar-refractivity contribution in [1.29, 1.82) is 0 Å². The molecule has 0 fully saturated rings. The molecule has 1 nitrogen and oxygen atoms in total. The van der Waals surface area contributed by atoms with Crippen LogP contribution in [0.2, 0.25) is 0 Å². The maximum atomic E-state index is 13.3. The van der Waals surface area contributed by atoms with E-state index in [1.165, 1.54) is 0 Å². The lowest BCUT2D eigenvalue weighted by Crippen LogP contribution is -2.43. The minimum atomic E-state index is -4.19. The van der Waals surface area contributed by atoms with E-state index >= 15 is 0 Å². The highest BCUT2D eigenvalue weighted by molar-refractivity contribution is 5.24. The lowest BCUT2D eigenvalue weighted by atomic mass is 9.88. The molecule has 0 amide bonds. The molecule has 0 saturated heterocycles. The summed E-state index contributed by atoms with van der Waals surface area (Å²) in [4.78, 5) is 0. The van der Waals surface area contributed by atoms with Crippen molar-refractivity contribution in [2.75, 3.05) is 6.54 Å².